The molecule has 120 valence electrons. The summed E-state index contributed by atoms with van der Waals surface area (Å²) in [5, 5.41) is 0. The summed E-state index contributed by atoms with van der Waals surface area (Å²) in [6, 6.07) is 8.15. The lowest BCUT2D eigenvalue weighted by molar-refractivity contribution is -0.155. The first-order valence-electron chi connectivity index (χ1n) is 6.96. The van der Waals surface area contributed by atoms with Gasteiger partial charge in [0.15, 0.2) is 5.41 Å². The molecule has 0 aliphatic heterocycles. The normalized spacial score (nSPS) is 13.0. The van der Waals surface area contributed by atoms with Crippen LogP contribution in [0.5, 0.6) is 0 Å². The summed E-state index contributed by atoms with van der Waals surface area (Å²) in [5.74, 6) is -1.28. The number of carbonyl (C=O) groups is 3. The van der Waals surface area contributed by atoms with Crippen LogP contribution in [-0.2, 0) is 19.7 Å². The SMILES string of the molecule is CCC(C(=O)OC)(C(=O)N(C)C(=O)N(C)C)c1ccccc1. The predicted octanol–water partition coefficient (Wildman–Crippen LogP) is 1.65. The van der Waals surface area contributed by atoms with Crippen molar-refractivity contribution in [3.8, 4) is 0 Å². The molecule has 0 saturated heterocycles. The van der Waals surface area contributed by atoms with E-state index in [-0.39, 0.29) is 6.42 Å². The summed E-state index contributed by atoms with van der Waals surface area (Å²) in [6.45, 7) is 1.72. The number of esters is 1. The Morgan fingerprint density at radius 3 is 2.05 bits per heavy atom. The van der Waals surface area contributed by atoms with Gasteiger partial charge in [-0.05, 0) is 12.0 Å². The van der Waals surface area contributed by atoms with E-state index in [0.29, 0.717) is 5.56 Å². The second-order valence-electron chi connectivity index (χ2n) is 5.16. The molecule has 3 amide bonds. The molecule has 0 aromatic heterocycles. The molecule has 0 heterocycles. The maximum Gasteiger partial charge on any atom is 0.325 e. The molecule has 0 bridgehead atoms. The molecule has 0 aliphatic carbocycles. The van der Waals surface area contributed by atoms with Crippen LogP contribution in [0, 0.1) is 0 Å². The van der Waals surface area contributed by atoms with Crippen LogP contribution >= 0.6 is 0 Å². The monoisotopic (exact) mass is 306 g/mol. The first-order valence-corrected chi connectivity index (χ1v) is 6.96. The van der Waals surface area contributed by atoms with Crippen LogP contribution < -0.4 is 0 Å². The maximum absolute atomic E-state index is 12.9. The number of imide groups is 1. The van der Waals surface area contributed by atoms with E-state index in [9.17, 15) is 14.4 Å². The van der Waals surface area contributed by atoms with Crippen molar-refractivity contribution in [2.75, 3.05) is 28.3 Å². The summed E-state index contributed by atoms with van der Waals surface area (Å²) < 4.78 is 4.86. The van der Waals surface area contributed by atoms with Gasteiger partial charge in [0, 0.05) is 21.1 Å². The number of likely N-dealkylation sites (N-methyl/N-ethyl adjacent to an activating group) is 1. The van der Waals surface area contributed by atoms with Crippen LogP contribution in [0.4, 0.5) is 4.79 Å². The number of ether oxygens (including phenoxy) is 1. The van der Waals surface area contributed by atoms with Crippen LogP contribution in [0.25, 0.3) is 0 Å². The first-order chi connectivity index (χ1) is 10.3. The summed E-state index contributed by atoms with van der Waals surface area (Å²) in [6.07, 6.45) is 0.188. The van der Waals surface area contributed by atoms with E-state index in [1.165, 1.54) is 19.1 Å². The zero-order valence-electron chi connectivity index (χ0n) is 13.6. The lowest BCUT2D eigenvalue weighted by Crippen LogP contribution is -2.54. The summed E-state index contributed by atoms with van der Waals surface area (Å²) in [7, 11) is 5.68. The molecule has 0 saturated carbocycles. The van der Waals surface area contributed by atoms with E-state index >= 15 is 0 Å². The van der Waals surface area contributed by atoms with Crippen molar-refractivity contribution in [2.45, 2.75) is 18.8 Å². The van der Waals surface area contributed by atoms with Gasteiger partial charge in [0.2, 0.25) is 0 Å². The molecule has 0 N–H and O–H groups in total. The topological polar surface area (TPSA) is 66.9 Å². The molecular formula is C16H22N2O4. The third-order valence-electron chi connectivity index (χ3n) is 3.67. The Bertz CT molecular complexity index is 557. The summed E-state index contributed by atoms with van der Waals surface area (Å²) >= 11 is 0. The zero-order valence-corrected chi connectivity index (χ0v) is 13.6. The Labute approximate surface area is 130 Å². The minimum Gasteiger partial charge on any atom is -0.468 e. The van der Waals surface area contributed by atoms with E-state index in [1.807, 2.05) is 0 Å². The van der Waals surface area contributed by atoms with Gasteiger partial charge in [0.1, 0.15) is 0 Å². The minimum atomic E-state index is -1.53. The quantitative estimate of drug-likeness (QED) is 0.626. The molecule has 1 unspecified atom stereocenters. The number of methoxy groups -OCH3 is 1. The highest BCUT2D eigenvalue weighted by atomic mass is 16.5. The van der Waals surface area contributed by atoms with Crippen LogP contribution in [0.3, 0.4) is 0 Å². The predicted molar refractivity (Wildman–Crippen MR) is 82.3 cm³/mol. The largest absolute Gasteiger partial charge is 0.468 e. The fraction of sp³-hybridized carbons (Fsp3) is 0.438. The lowest BCUT2D eigenvalue weighted by atomic mass is 9.76. The van der Waals surface area contributed by atoms with Crippen LogP contribution in [0.15, 0.2) is 30.3 Å². The zero-order chi connectivity index (χ0) is 16.9. The van der Waals surface area contributed by atoms with Crippen molar-refractivity contribution in [3.63, 3.8) is 0 Å². The molecule has 0 fully saturated rings. The highest BCUT2D eigenvalue weighted by Gasteiger charge is 2.50. The van der Waals surface area contributed by atoms with Gasteiger partial charge >= 0.3 is 12.0 Å². The molecule has 0 radical (unpaired) electrons. The van der Waals surface area contributed by atoms with Crippen molar-refractivity contribution in [1.82, 2.24) is 9.80 Å². The second kappa shape index (κ2) is 7.06. The Hall–Kier alpha value is -2.37. The van der Waals surface area contributed by atoms with Crippen molar-refractivity contribution < 1.29 is 19.1 Å². The number of hydrogen-bond donors (Lipinski definition) is 0. The number of hydrogen-bond acceptors (Lipinski definition) is 4. The summed E-state index contributed by atoms with van der Waals surface area (Å²) in [4.78, 5) is 39.6. The van der Waals surface area contributed by atoms with Gasteiger partial charge in [-0.1, -0.05) is 37.3 Å². The minimum absolute atomic E-state index is 0.188. The van der Waals surface area contributed by atoms with Crippen molar-refractivity contribution >= 4 is 17.9 Å². The number of benzene rings is 1. The Morgan fingerprint density at radius 1 is 1.09 bits per heavy atom. The smallest absolute Gasteiger partial charge is 0.325 e. The highest BCUT2D eigenvalue weighted by molar-refractivity contribution is 6.12. The first kappa shape index (κ1) is 17.7. The molecule has 6 nitrogen and oxygen atoms in total. The molecule has 1 rings (SSSR count). The van der Waals surface area contributed by atoms with Crippen molar-refractivity contribution in [3.05, 3.63) is 35.9 Å². The van der Waals surface area contributed by atoms with Gasteiger partial charge in [-0.2, -0.15) is 0 Å². The molecule has 22 heavy (non-hydrogen) atoms. The Balaban J connectivity index is 3.42. The highest BCUT2D eigenvalue weighted by Crippen LogP contribution is 2.32. The van der Waals surface area contributed by atoms with Gasteiger partial charge in [0.25, 0.3) is 5.91 Å². The molecule has 1 atom stereocenters. The van der Waals surface area contributed by atoms with Crippen molar-refractivity contribution in [2.24, 2.45) is 0 Å². The Kier molecular flexibility index (Phi) is 5.68. The molecular weight excluding hydrogens is 284 g/mol. The maximum atomic E-state index is 12.9. The standard InChI is InChI=1S/C16H22N2O4/c1-6-16(14(20)22-5,12-10-8-7-9-11-12)13(19)18(4)15(21)17(2)3/h7-11H,6H2,1-5H3. The number of nitrogens with zero attached hydrogens (tertiary/aromatic N) is 2. The van der Waals surface area contributed by atoms with E-state index in [1.54, 1.807) is 51.4 Å². The third-order valence-corrected chi connectivity index (χ3v) is 3.67. The molecule has 0 aliphatic rings. The fourth-order valence-electron chi connectivity index (χ4n) is 2.40. The second-order valence-corrected chi connectivity index (χ2v) is 5.16. The average Bonchev–Trinajstić information content (AvgIpc) is 2.54. The van der Waals surface area contributed by atoms with Gasteiger partial charge < -0.3 is 9.64 Å². The van der Waals surface area contributed by atoms with Crippen LogP contribution in [0.1, 0.15) is 18.9 Å². The van der Waals surface area contributed by atoms with Crippen LogP contribution in [-0.4, -0.2) is 56.0 Å². The number of rotatable bonds is 4. The van der Waals surface area contributed by atoms with E-state index in [2.05, 4.69) is 0 Å². The molecule has 1 aromatic carbocycles. The Morgan fingerprint density at radius 2 is 1.64 bits per heavy atom. The molecule has 0 spiro atoms. The van der Waals surface area contributed by atoms with Gasteiger partial charge in [-0.15, -0.1) is 0 Å². The third kappa shape index (κ3) is 2.95. The molecule has 6 heteroatoms. The fourth-order valence-corrected chi connectivity index (χ4v) is 2.40. The van der Waals surface area contributed by atoms with E-state index in [0.717, 1.165) is 4.90 Å². The van der Waals surface area contributed by atoms with Gasteiger partial charge in [0.05, 0.1) is 7.11 Å². The van der Waals surface area contributed by atoms with Crippen LogP contribution in [0.2, 0.25) is 0 Å². The number of carbonyl (C=O) groups excluding carboxylic acids is 3. The van der Waals surface area contributed by atoms with Crippen molar-refractivity contribution in [1.29, 1.82) is 0 Å². The number of urea groups is 1. The average molecular weight is 306 g/mol. The van der Waals surface area contributed by atoms with Gasteiger partial charge in [-0.25, -0.2) is 4.79 Å². The van der Waals surface area contributed by atoms with E-state index in [4.69, 9.17) is 4.74 Å². The molecule has 1 aromatic rings. The summed E-state index contributed by atoms with van der Waals surface area (Å²) in [5.41, 5.74) is -1.02. The number of amides is 3. The van der Waals surface area contributed by atoms with Gasteiger partial charge in [-0.3, -0.25) is 14.5 Å². The lowest BCUT2D eigenvalue weighted by Gasteiger charge is -2.33. The van der Waals surface area contributed by atoms with E-state index < -0.39 is 23.3 Å².